The third-order valence-electron chi connectivity index (χ3n) is 2.32. The van der Waals surface area contributed by atoms with Gasteiger partial charge < -0.3 is 5.32 Å². The Labute approximate surface area is 110 Å². The van der Waals surface area contributed by atoms with Crippen LogP contribution in [0.4, 0.5) is 5.69 Å². The summed E-state index contributed by atoms with van der Waals surface area (Å²) in [6.07, 6.45) is 0. The standard InChI is InChI=1S/C13H17BrN2O/c1-10(14)9-15-13(2,3)12(17)16-11-7-5-4-6-8-11/h4-8,15H,1,9H2,2-3H3,(H,16,17). The second kappa shape index (κ2) is 5.98. The molecule has 0 atom stereocenters. The minimum Gasteiger partial charge on any atom is -0.325 e. The Bertz CT molecular complexity index is 401. The molecule has 0 aliphatic rings. The number of nitrogens with one attached hydrogen (secondary N) is 2. The summed E-state index contributed by atoms with van der Waals surface area (Å²) in [6.45, 7) is 7.94. The van der Waals surface area contributed by atoms with E-state index in [9.17, 15) is 4.79 Å². The fourth-order valence-electron chi connectivity index (χ4n) is 1.21. The molecule has 17 heavy (non-hydrogen) atoms. The van der Waals surface area contributed by atoms with Crippen LogP contribution in [0.3, 0.4) is 0 Å². The van der Waals surface area contributed by atoms with Gasteiger partial charge in [0.1, 0.15) is 0 Å². The molecule has 0 spiro atoms. The van der Waals surface area contributed by atoms with Crippen molar-refractivity contribution >= 4 is 27.5 Å². The van der Waals surface area contributed by atoms with Crippen LogP contribution in [0.15, 0.2) is 41.4 Å². The van der Waals surface area contributed by atoms with Gasteiger partial charge in [0, 0.05) is 16.7 Å². The number of amides is 1. The molecule has 0 fully saturated rings. The lowest BCUT2D eigenvalue weighted by Gasteiger charge is -2.25. The molecule has 0 radical (unpaired) electrons. The van der Waals surface area contributed by atoms with Crippen LogP contribution in [0, 0.1) is 0 Å². The van der Waals surface area contributed by atoms with Crippen molar-refractivity contribution < 1.29 is 4.79 Å². The first kappa shape index (κ1) is 13.9. The van der Waals surface area contributed by atoms with Crippen LogP contribution in [0.2, 0.25) is 0 Å². The summed E-state index contributed by atoms with van der Waals surface area (Å²) >= 11 is 3.25. The lowest BCUT2D eigenvalue weighted by Crippen LogP contribution is -2.50. The first-order valence-electron chi connectivity index (χ1n) is 5.36. The van der Waals surface area contributed by atoms with Crippen LogP contribution in [0.25, 0.3) is 0 Å². The normalized spacial score (nSPS) is 11.0. The molecule has 0 bridgehead atoms. The van der Waals surface area contributed by atoms with Crippen LogP contribution >= 0.6 is 15.9 Å². The summed E-state index contributed by atoms with van der Waals surface area (Å²) < 4.78 is 0.818. The Kier molecular flexibility index (Phi) is 4.90. The number of rotatable bonds is 5. The smallest absolute Gasteiger partial charge is 0.244 e. The summed E-state index contributed by atoms with van der Waals surface area (Å²) in [5, 5.41) is 5.98. The van der Waals surface area contributed by atoms with Gasteiger partial charge in [0.15, 0.2) is 0 Å². The van der Waals surface area contributed by atoms with Crippen molar-refractivity contribution in [3.8, 4) is 0 Å². The second-order valence-corrected chi connectivity index (χ2v) is 5.44. The zero-order valence-electron chi connectivity index (χ0n) is 10.1. The topological polar surface area (TPSA) is 41.1 Å². The fourth-order valence-corrected chi connectivity index (χ4v) is 1.35. The highest BCUT2D eigenvalue weighted by Gasteiger charge is 2.26. The Morgan fingerprint density at radius 2 is 1.94 bits per heavy atom. The van der Waals surface area contributed by atoms with Crippen LogP contribution in [-0.2, 0) is 4.79 Å². The number of hydrogen-bond acceptors (Lipinski definition) is 2. The number of anilines is 1. The Hall–Kier alpha value is -1.13. The Morgan fingerprint density at radius 1 is 1.35 bits per heavy atom. The van der Waals surface area contributed by atoms with Gasteiger partial charge in [0.2, 0.25) is 5.91 Å². The van der Waals surface area contributed by atoms with E-state index in [1.807, 2.05) is 44.2 Å². The molecule has 0 aromatic heterocycles. The maximum absolute atomic E-state index is 12.0. The molecular weight excluding hydrogens is 280 g/mol. The number of para-hydroxylation sites is 1. The monoisotopic (exact) mass is 296 g/mol. The summed E-state index contributed by atoms with van der Waals surface area (Å²) in [4.78, 5) is 12.0. The third kappa shape index (κ3) is 4.71. The maximum atomic E-state index is 12.0. The van der Waals surface area contributed by atoms with Crippen molar-refractivity contribution in [3.05, 3.63) is 41.4 Å². The van der Waals surface area contributed by atoms with Crippen molar-refractivity contribution in [2.75, 3.05) is 11.9 Å². The van der Waals surface area contributed by atoms with Gasteiger partial charge in [-0.1, -0.05) is 40.7 Å². The molecule has 1 aromatic carbocycles. The Balaban J connectivity index is 2.60. The lowest BCUT2D eigenvalue weighted by atomic mass is 10.0. The van der Waals surface area contributed by atoms with E-state index in [2.05, 4.69) is 33.1 Å². The van der Waals surface area contributed by atoms with Gasteiger partial charge in [-0.25, -0.2) is 0 Å². The number of benzene rings is 1. The molecule has 0 saturated carbocycles. The summed E-state index contributed by atoms with van der Waals surface area (Å²) in [6, 6.07) is 9.40. The summed E-state index contributed by atoms with van der Waals surface area (Å²) in [5.41, 5.74) is 0.150. The number of carbonyl (C=O) groups is 1. The van der Waals surface area contributed by atoms with Crippen molar-refractivity contribution in [1.82, 2.24) is 5.32 Å². The van der Waals surface area contributed by atoms with E-state index in [0.717, 1.165) is 10.2 Å². The maximum Gasteiger partial charge on any atom is 0.244 e. The molecule has 3 nitrogen and oxygen atoms in total. The quantitative estimate of drug-likeness (QED) is 0.877. The molecule has 4 heteroatoms. The van der Waals surface area contributed by atoms with Gasteiger partial charge >= 0.3 is 0 Å². The summed E-state index contributed by atoms with van der Waals surface area (Å²) in [5.74, 6) is -0.0718. The van der Waals surface area contributed by atoms with Crippen molar-refractivity contribution in [1.29, 1.82) is 0 Å². The van der Waals surface area contributed by atoms with Gasteiger partial charge in [0.05, 0.1) is 5.54 Å². The highest BCUT2D eigenvalue weighted by molar-refractivity contribution is 9.11. The molecule has 0 heterocycles. The average Bonchev–Trinajstić information content (AvgIpc) is 2.28. The molecular formula is C13H17BrN2O. The zero-order chi connectivity index (χ0) is 12.9. The van der Waals surface area contributed by atoms with Gasteiger partial charge in [-0.15, -0.1) is 0 Å². The van der Waals surface area contributed by atoms with Crippen LogP contribution in [0.1, 0.15) is 13.8 Å². The molecule has 0 unspecified atom stereocenters. The molecule has 0 aliphatic carbocycles. The number of carbonyl (C=O) groups excluding carboxylic acids is 1. The van der Waals surface area contributed by atoms with Gasteiger partial charge in [-0.3, -0.25) is 10.1 Å². The predicted molar refractivity (Wildman–Crippen MR) is 75.2 cm³/mol. The first-order valence-corrected chi connectivity index (χ1v) is 6.16. The van der Waals surface area contributed by atoms with Gasteiger partial charge in [-0.05, 0) is 26.0 Å². The van der Waals surface area contributed by atoms with E-state index in [4.69, 9.17) is 0 Å². The molecule has 0 aliphatic heterocycles. The fraction of sp³-hybridized carbons (Fsp3) is 0.308. The van der Waals surface area contributed by atoms with E-state index in [1.54, 1.807) is 0 Å². The lowest BCUT2D eigenvalue weighted by molar-refractivity contribution is -0.121. The van der Waals surface area contributed by atoms with E-state index in [1.165, 1.54) is 0 Å². The first-order chi connectivity index (χ1) is 7.92. The SMILES string of the molecule is C=C(Br)CNC(C)(C)C(=O)Nc1ccccc1. The van der Waals surface area contributed by atoms with E-state index < -0.39 is 5.54 Å². The van der Waals surface area contributed by atoms with Crippen molar-refractivity contribution in [2.45, 2.75) is 19.4 Å². The Morgan fingerprint density at radius 3 is 2.47 bits per heavy atom. The second-order valence-electron chi connectivity index (χ2n) is 4.32. The van der Waals surface area contributed by atoms with Crippen LogP contribution in [0.5, 0.6) is 0 Å². The van der Waals surface area contributed by atoms with E-state index >= 15 is 0 Å². The van der Waals surface area contributed by atoms with E-state index in [-0.39, 0.29) is 5.91 Å². The number of hydrogen-bond donors (Lipinski definition) is 2. The predicted octanol–water partition coefficient (Wildman–Crippen LogP) is 2.90. The van der Waals surface area contributed by atoms with Gasteiger partial charge in [-0.2, -0.15) is 0 Å². The molecule has 1 aromatic rings. The number of halogens is 1. The highest BCUT2D eigenvalue weighted by Crippen LogP contribution is 2.11. The zero-order valence-corrected chi connectivity index (χ0v) is 11.7. The average molecular weight is 297 g/mol. The molecule has 2 N–H and O–H groups in total. The molecule has 1 amide bonds. The molecule has 92 valence electrons. The minimum atomic E-state index is -0.646. The highest BCUT2D eigenvalue weighted by atomic mass is 79.9. The van der Waals surface area contributed by atoms with Gasteiger partial charge in [0.25, 0.3) is 0 Å². The summed E-state index contributed by atoms with van der Waals surface area (Å²) in [7, 11) is 0. The largest absolute Gasteiger partial charge is 0.325 e. The van der Waals surface area contributed by atoms with E-state index in [0.29, 0.717) is 6.54 Å². The molecule has 0 saturated heterocycles. The van der Waals surface area contributed by atoms with Crippen molar-refractivity contribution in [2.24, 2.45) is 0 Å². The minimum absolute atomic E-state index is 0.0718. The molecule has 1 rings (SSSR count). The van der Waals surface area contributed by atoms with Crippen LogP contribution < -0.4 is 10.6 Å². The van der Waals surface area contributed by atoms with Crippen molar-refractivity contribution in [3.63, 3.8) is 0 Å². The van der Waals surface area contributed by atoms with Crippen LogP contribution in [-0.4, -0.2) is 18.0 Å². The third-order valence-corrected chi connectivity index (χ3v) is 2.60.